The highest BCUT2D eigenvalue weighted by molar-refractivity contribution is 5.35. The Kier molecular flexibility index (Phi) is 7.40. The third-order valence-corrected chi connectivity index (χ3v) is 6.54. The normalized spacial score (nSPS) is 14.3. The Hall–Kier alpha value is -3.18. The zero-order valence-corrected chi connectivity index (χ0v) is 19.7. The number of rotatable bonds is 10. The van der Waals surface area contributed by atoms with Gasteiger partial charge in [-0.2, -0.15) is 0 Å². The van der Waals surface area contributed by atoms with Crippen LogP contribution in [-0.4, -0.2) is 48.1 Å². The van der Waals surface area contributed by atoms with E-state index in [0.29, 0.717) is 18.4 Å². The number of aromatic amines is 1. The maximum absolute atomic E-state index is 12.6. The fourth-order valence-corrected chi connectivity index (χ4v) is 4.79. The third-order valence-electron chi connectivity index (χ3n) is 6.54. The molecule has 1 heterocycles. The Morgan fingerprint density at radius 1 is 1.09 bits per heavy atom. The first kappa shape index (κ1) is 23.0. The molecule has 1 aromatic heterocycles. The topological polar surface area (TPSA) is 52.2 Å². The summed E-state index contributed by atoms with van der Waals surface area (Å²) in [6, 6.07) is 21.1. The molecule has 172 valence electrons. The van der Waals surface area contributed by atoms with E-state index in [0.717, 1.165) is 37.9 Å². The van der Waals surface area contributed by atoms with Gasteiger partial charge in [0.25, 0.3) is 5.56 Å². The van der Waals surface area contributed by atoms with Gasteiger partial charge in [-0.15, -0.1) is 6.58 Å². The molecular formula is C28H34N4O. The van der Waals surface area contributed by atoms with E-state index >= 15 is 0 Å². The molecule has 0 bridgehead atoms. The molecule has 3 aromatic rings. The van der Waals surface area contributed by atoms with Crippen LogP contribution < -0.4 is 10.5 Å². The van der Waals surface area contributed by atoms with Gasteiger partial charge in [0.05, 0.1) is 5.69 Å². The molecular weight excluding hydrogens is 408 g/mol. The second kappa shape index (κ2) is 10.6. The molecule has 5 nitrogen and oxygen atoms in total. The number of benzene rings is 2. The second-order valence-corrected chi connectivity index (χ2v) is 9.31. The first-order chi connectivity index (χ1) is 16.0. The van der Waals surface area contributed by atoms with Crippen LogP contribution in [0.15, 0.2) is 78.1 Å². The monoisotopic (exact) mass is 442 g/mol. The quantitative estimate of drug-likeness (QED) is 0.484. The van der Waals surface area contributed by atoms with Crippen LogP contribution in [0.1, 0.15) is 22.4 Å². The van der Waals surface area contributed by atoms with E-state index in [9.17, 15) is 4.79 Å². The molecule has 1 aliphatic rings. The number of anilines is 1. The average Bonchev–Trinajstić information content (AvgIpc) is 3.20. The number of hydrogen-bond donors (Lipinski definition) is 1. The summed E-state index contributed by atoms with van der Waals surface area (Å²) in [6.45, 7) is 5.31. The molecule has 2 aromatic carbocycles. The molecule has 0 spiro atoms. The Labute approximate surface area is 196 Å². The van der Waals surface area contributed by atoms with Gasteiger partial charge < -0.3 is 9.80 Å². The Balaban J connectivity index is 1.51. The molecule has 33 heavy (non-hydrogen) atoms. The van der Waals surface area contributed by atoms with Crippen molar-refractivity contribution in [2.24, 2.45) is 5.92 Å². The van der Waals surface area contributed by atoms with Crippen molar-refractivity contribution in [1.29, 1.82) is 0 Å². The molecule has 0 saturated heterocycles. The van der Waals surface area contributed by atoms with Crippen LogP contribution in [0, 0.1) is 5.92 Å². The SMILES string of the molecule is C=CCN(C[C@@H](Cc1ccccc1)N(C)C)c1nc(CC2Cc3ccccc3C2)cc(=O)[nH]1. The zero-order chi connectivity index (χ0) is 23.2. The minimum atomic E-state index is -0.0935. The first-order valence-corrected chi connectivity index (χ1v) is 11.7. The standard InChI is InChI=1S/C28H34N4O/c1-4-14-32(20-26(31(2)3)18-21-10-6-5-7-11-21)28-29-25(19-27(33)30-28)17-22-15-23-12-8-9-13-24(23)16-22/h4-13,19,22,26H,1,14-18,20H2,2-3H3,(H,29,30,33)/t26-/m1/s1. The van der Waals surface area contributed by atoms with Gasteiger partial charge in [0.15, 0.2) is 0 Å². The summed E-state index contributed by atoms with van der Waals surface area (Å²) in [5, 5.41) is 0. The number of aromatic nitrogens is 2. The van der Waals surface area contributed by atoms with Crippen molar-refractivity contribution in [3.63, 3.8) is 0 Å². The van der Waals surface area contributed by atoms with Crippen LogP contribution in [0.25, 0.3) is 0 Å². The molecule has 1 N–H and O–H groups in total. The summed E-state index contributed by atoms with van der Waals surface area (Å²) in [6.07, 6.45) is 5.71. The van der Waals surface area contributed by atoms with Gasteiger partial charge in [-0.1, -0.05) is 60.7 Å². The van der Waals surface area contributed by atoms with Crippen LogP contribution in [0.4, 0.5) is 5.95 Å². The van der Waals surface area contributed by atoms with E-state index in [-0.39, 0.29) is 11.6 Å². The van der Waals surface area contributed by atoms with Crippen molar-refractivity contribution >= 4 is 5.95 Å². The van der Waals surface area contributed by atoms with E-state index in [4.69, 9.17) is 4.98 Å². The molecule has 0 unspecified atom stereocenters. The number of likely N-dealkylation sites (N-methyl/N-ethyl adjacent to an activating group) is 1. The van der Waals surface area contributed by atoms with Gasteiger partial charge in [0, 0.05) is 25.2 Å². The number of H-pyrrole nitrogens is 1. The summed E-state index contributed by atoms with van der Waals surface area (Å²) < 4.78 is 0. The summed E-state index contributed by atoms with van der Waals surface area (Å²) in [4.78, 5) is 24.8. The molecule has 0 fully saturated rings. The highest BCUT2D eigenvalue weighted by Crippen LogP contribution is 2.28. The lowest BCUT2D eigenvalue weighted by Crippen LogP contribution is -2.43. The number of fused-ring (bicyclic) bond motifs is 1. The van der Waals surface area contributed by atoms with Crippen LogP contribution >= 0.6 is 0 Å². The Morgan fingerprint density at radius 3 is 2.39 bits per heavy atom. The lowest BCUT2D eigenvalue weighted by Gasteiger charge is -2.31. The third kappa shape index (κ3) is 5.99. The van der Waals surface area contributed by atoms with Crippen molar-refractivity contribution in [2.45, 2.75) is 31.7 Å². The highest BCUT2D eigenvalue weighted by atomic mass is 16.1. The van der Waals surface area contributed by atoms with Crippen molar-refractivity contribution in [1.82, 2.24) is 14.9 Å². The molecule has 0 saturated carbocycles. The summed E-state index contributed by atoms with van der Waals surface area (Å²) in [5.41, 5.74) is 4.92. The largest absolute Gasteiger partial charge is 0.337 e. The van der Waals surface area contributed by atoms with Crippen LogP contribution in [-0.2, 0) is 25.7 Å². The van der Waals surface area contributed by atoms with Gasteiger partial charge in [0.1, 0.15) is 0 Å². The predicted octanol–water partition coefficient (Wildman–Crippen LogP) is 3.89. The smallest absolute Gasteiger partial charge is 0.252 e. The maximum Gasteiger partial charge on any atom is 0.252 e. The number of nitrogens with one attached hydrogen (secondary N) is 1. The molecule has 0 amide bonds. The molecule has 1 aliphatic carbocycles. The van der Waals surface area contributed by atoms with E-state index in [1.165, 1.54) is 16.7 Å². The van der Waals surface area contributed by atoms with E-state index in [2.05, 4.69) is 84.0 Å². The Morgan fingerprint density at radius 2 is 1.76 bits per heavy atom. The number of hydrogen-bond acceptors (Lipinski definition) is 4. The van der Waals surface area contributed by atoms with Crippen LogP contribution in [0.5, 0.6) is 0 Å². The lowest BCUT2D eigenvalue weighted by molar-refractivity contribution is 0.293. The summed E-state index contributed by atoms with van der Waals surface area (Å²) in [5.74, 6) is 1.12. The average molecular weight is 443 g/mol. The fraction of sp³-hybridized carbons (Fsp3) is 0.357. The van der Waals surface area contributed by atoms with E-state index in [1.807, 2.05) is 12.1 Å². The van der Waals surface area contributed by atoms with Crippen LogP contribution in [0.3, 0.4) is 0 Å². The molecule has 1 atom stereocenters. The van der Waals surface area contributed by atoms with Crippen molar-refractivity contribution in [3.8, 4) is 0 Å². The first-order valence-electron chi connectivity index (χ1n) is 11.7. The minimum absolute atomic E-state index is 0.0935. The van der Waals surface area contributed by atoms with Gasteiger partial charge in [-0.3, -0.25) is 9.78 Å². The van der Waals surface area contributed by atoms with Crippen LogP contribution in [0.2, 0.25) is 0 Å². The van der Waals surface area contributed by atoms with Gasteiger partial charge in [-0.25, -0.2) is 4.98 Å². The van der Waals surface area contributed by atoms with E-state index in [1.54, 1.807) is 6.07 Å². The van der Waals surface area contributed by atoms with Crippen molar-refractivity contribution < 1.29 is 0 Å². The molecule has 0 aliphatic heterocycles. The number of nitrogens with zero attached hydrogens (tertiary/aromatic N) is 3. The van der Waals surface area contributed by atoms with Gasteiger partial charge in [-0.05, 0) is 62.4 Å². The van der Waals surface area contributed by atoms with E-state index < -0.39 is 0 Å². The molecule has 0 radical (unpaired) electrons. The van der Waals surface area contributed by atoms with Crippen molar-refractivity contribution in [2.75, 3.05) is 32.1 Å². The molecule has 5 heteroatoms. The zero-order valence-electron chi connectivity index (χ0n) is 19.7. The molecule has 4 rings (SSSR count). The summed E-state index contributed by atoms with van der Waals surface area (Å²) >= 11 is 0. The minimum Gasteiger partial charge on any atom is -0.337 e. The lowest BCUT2D eigenvalue weighted by atomic mass is 10.00. The summed E-state index contributed by atoms with van der Waals surface area (Å²) in [7, 11) is 4.20. The Bertz CT molecular complexity index is 1100. The van der Waals surface area contributed by atoms with Crippen molar-refractivity contribution in [3.05, 3.63) is 106 Å². The predicted molar refractivity (Wildman–Crippen MR) is 136 cm³/mol. The van der Waals surface area contributed by atoms with Gasteiger partial charge >= 0.3 is 0 Å². The van der Waals surface area contributed by atoms with Gasteiger partial charge in [0.2, 0.25) is 5.95 Å². The maximum atomic E-state index is 12.6. The highest BCUT2D eigenvalue weighted by Gasteiger charge is 2.23. The fourth-order valence-electron chi connectivity index (χ4n) is 4.79. The second-order valence-electron chi connectivity index (χ2n) is 9.31.